The van der Waals surface area contributed by atoms with Crippen LogP contribution in [0.1, 0.15) is 85.9 Å². The Morgan fingerprint density at radius 1 is 0.941 bits per heavy atom. The molecule has 0 radical (unpaired) electrons. The van der Waals surface area contributed by atoms with Gasteiger partial charge in [0.05, 0.1) is 12.2 Å². The van der Waals surface area contributed by atoms with E-state index in [4.69, 9.17) is 9.47 Å². The summed E-state index contributed by atoms with van der Waals surface area (Å²) in [4.78, 5) is 12.6. The fourth-order valence-corrected chi connectivity index (χ4v) is 3.71. The van der Waals surface area contributed by atoms with Gasteiger partial charge in [0.2, 0.25) is 0 Å². The van der Waals surface area contributed by atoms with E-state index < -0.39 is 12.1 Å². The van der Waals surface area contributed by atoms with E-state index in [0.717, 1.165) is 57.4 Å². The number of phenols is 1. The van der Waals surface area contributed by atoms with E-state index in [-0.39, 0.29) is 12.4 Å². The molecular weight excluding hydrogens is 430 g/mol. The molecule has 2 aromatic rings. The standard InChI is InChI=1S/C28H41NO5/c1-2-3-4-11-18-33-19-12-6-5-10-17-29-21-27(24-15-16-26(31)25(20-24)22-30)34-28(32)23-13-8-7-9-14-23/h7-9,13-16,20,27,29-31H,2-6,10-12,17-19,21-22H2,1H3. The minimum atomic E-state index is -0.528. The number of esters is 1. The monoisotopic (exact) mass is 471 g/mol. The van der Waals surface area contributed by atoms with Gasteiger partial charge in [-0.1, -0.05) is 63.3 Å². The predicted molar refractivity (Wildman–Crippen MR) is 135 cm³/mol. The van der Waals surface area contributed by atoms with Gasteiger partial charge in [0.1, 0.15) is 11.9 Å². The molecule has 0 spiro atoms. The summed E-state index contributed by atoms with van der Waals surface area (Å²) in [5, 5.41) is 22.8. The Hall–Kier alpha value is -2.41. The molecule has 0 aliphatic rings. The highest BCUT2D eigenvalue weighted by atomic mass is 16.5. The average molecular weight is 472 g/mol. The number of aliphatic hydroxyl groups is 1. The quantitative estimate of drug-likeness (QED) is 0.196. The van der Waals surface area contributed by atoms with Gasteiger partial charge in [0.25, 0.3) is 0 Å². The van der Waals surface area contributed by atoms with Crippen LogP contribution in [0.2, 0.25) is 0 Å². The second-order valence-corrected chi connectivity index (χ2v) is 8.60. The Balaban J connectivity index is 1.74. The lowest BCUT2D eigenvalue weighted by Gasteiger charge is -2.20. The van der Waals surface area contributed by atoms with Gasteiger partial charge >= 0.3 is 5.97 Å². The smallest absolute Gasteiger partial charge is 0.338 e. The Morgan fingerprint density at radius 2 is 1.65 bits per heavy atom. The third kappa shape index (κ3) is 10.7. The van der Waals surface area contributed by atoms with Crippen LogP contribution in [0.3, 0.4) is 0 Å². The maximum Gasteiger partial charge on any atom is 0.338 e. The molecule has 1 atom stereocenters. The van der Waals surface area contributed by atoms with E-state index in [9.17, 15) is 15.0 Å². The molecule has 1 unspecified atom stereocenters. The van der Waals surface area contributed by atoms with Crippen molar-refractivity contribution < 1.29 is 24.5 Å². The minimum absolute atomic E-state index is 0.0253. The predicted octanol–water partition coefficient (Wildman–Crippen LogP) is 5.53. The van der Waals surface area contributed by atoms with Crippen molar-refractivity contribution in [1.29, 1.82) is 0 Å². The van der Waals surface area contributed by atoms with Crippen molar-refractivity contribution in [1.82, 2.24) is 5.32 Å². The molecule has 0 bridgehead atoms. The van der Waals surface area contributed by atoms with Gasteiger partial charge in [0.15, 0.2) is 0 Å². The Bertz CT molecular complexity index is 812. The van der Waals surface area contributed by atoms with Gasteiger partial charge in [-0.2, -0.15) is 0 Å². The van der Waals surface area contributed by atoms with Crippen molar-refractivity contribution in [2.45, 2.75) is 71.0 Å². The molecule has 0 fully saturated rings. The molecule has 6 nitrogen and oxygen atoms in total. The zero-order valence-corrected chi connectivity index (χ0v) is 20.5. The van der Waals surface area contributed by atoms with Crippen LogP contribution in [0, 0.1) is 0 Å². The van der Waals surface area contributed by atoms with Crippen molar-refractivity contribution in [2.24, 2.45) is 0 Å². The van der Waals surface area contributed by atoms with E-state index in [0.29, 0.717) is 17.7 Å². The molecule has 0 saturated heterocycles. The Morgan fingerprint density at radius 3 is 2.35 bits per heavy atom. The fraction of sp³-hybridized carbons (Fsp3) is 0.536. The number of unbranched alkanes of at least 4 members (excludes halogenated alkanes) is 6. The summed E-state index contributed by atoms with van der Waals surface area (Å²) in [6.45, 7) is 4.92. The molecule has 34 heavy (non-hydrogen) atoms. The van der Waals surface area contributed by atoms with Gasteiger partial charge in [-0.3, -0.25) is 0 Å². The number of aromatic hydroxyl groups is 1. The molecule has 3 N–H and O–H groups in total. The SMILES string of the molecule is CCCCCCOCCCCCCNCC(OC(=O)c1ccccc1)c1ccc(O)c(CO)c1. The third-order valence-corrected chi connectivity index (χ3v) is 5.77. The summed E-state index contributed by atoms with van der Waals surface area (Å²) in [6, 6.07) is 13.8. The zero-order chi connectivity index (χ0) is 24.4. The number of hydrogen-bond acceptors (Lipinski definition) is 6. The van der Waals surface area contributed by atoms with Crippen LogP contribution >= 0.6 is 0 Å². The number of hydrogen-bond donors (Lipinski definition) is 3. The van der Waals surface area contributed by atoms with E-state index in [2.05, 4.69) is 12.2 Å². The largest absolute Gasteiger partial charge is 0.508 e. The first-order chi connectivity index (χ1) is 16.7. The minimum Gasteiger partial charge on any atom is -0.508 e. The highest BCUT2D eigenvalue weighted by Crippen LogP contribution is 2.25. The highest BCUT2D eigenvalue weighted by molar-refractivity contribution is 5.89. The molecule has 0 aliphatic carbocycles. The summed E-state index contributed by atoms with van der Waals surface area (Å²) >= 11 is 0. The molecule has 6 heteroatoms. The van der Waals surface area contributed by atoms with E-state index >= 15 is 0 Å². The number of rotatable bonds is 18. The number of ether oxygens (including phenoxy) is 2. The number of nitrogens with one attached hydrogen (secondary N) is 1. The molecule has 0 amide bonds. The maximum atomic E-state index is 12.6. The van der Waals surface area contributed by atoms with Crippen molar-refractivity contribution >= 4 is 5.97 Å². The van der Waals surface area contributed by atoms with Crippen LogP contribution in [0.5, 0.6) is 5.75 Å². The molecule has 2 aromatic carbocycles. The van der Waals surface area contributed by atoms with Crippen molar-refractivity contribution in [2.75, 3.05) is 26.3 Å². The summed E-state index contributed by atoms with van der Waals surface area (Å²) in [6.07, 6.45) is 8.82. The summed E-state index contributed by atoms with van der Waals surface area (Å²) in [5.41, 5.74) is 1.63. The molecule has 188 valence electrons. The molecule has 0 heterocycles. The summed E-state index contributed by atoms with van der Waals surface area (Å²) in [5.74, 6) is -0.377. The lowest BCUT2D eigenvalue weighted by Crippen LogP contribution is -2.26. The Labute approximate surface area is 204 Å². The summed E-state index contributed by atoms with van der Waals surface area (Å²) < 4.78 is 11.5. The molecule has 0 aliphatic heterocycles. The molecule has 0 aromatic heterocycles. The van der Waals surface area contributed by atoms with Crippen molar-refractivity contribution in [3.05, 3.63) is 65.2 Å². The van der Waals surface area contributed by atoms with Crippen molar-refractivity contribution in [3.63, 3.8) is 0 Å². The fourth-order valence-electron chi connectivity index (χ4n) is 3.71. The van der Waals surface area contributed by atoms with Gasteiger partial charge in [-0.25, -0.2) is 4.79 Å². The number of aliphatic hydroxyl groups excluding tert-OH is 1. The van der Waals surface area contributed by atoms with E-state index in [1.165, 1.54) is 25.3 Å². The second kappa shape index (κ2) is 17.1. The van der Waals surface area contributed by atoms with Crippen LogP contribution < -0.4 is 5.32 Å². The average Bonchev–Trinajstić information content (AvgIpc) is 2.87. The third-order valence-electron chi connectivity index (χ3n) is 5.77. The first-order valence-corrected chi connectivity index (χ1v) is 12.6. The van der Waals surface area contributed by atoms with Crippen molar-refractivity contribution in [3.8, 4) is 5.75 Å². The lowest BCUT2D eigenvalue weighted by atomic mass is 10.0. The first kappa shape index (κ1) is 27.8. The van der Waals surface area contributed by atoms with Crippen LogP contribution in [0.4, 0.5) is 0 Å². The van der Waals surface area contributed by atoms with Gasteiger partial charge in [-0.05, 0) is 55.6 Å². The zero-order valence-electron chi connectivity index (χ0n) is 20.5. The normalized spacial score (nSPS) is 11.9. The summed E-state index contributed by atoms with van der Waals surface area (Å²) in [7, 11) is 0. The second-order valence-electron chi connectivity index (χ2n) is 8.60. The first-order valence-electron chi connectivity index (χ1n) is 12.6. The number of carbonyl (C=O) groups is 1. The molecular formula is C28H41NO5. The number of benzene rings is 2. The topological polar surface area (TPSA) is 88.0 Å². The van der Waals surface area contributed by atoms with Crippen LogP contribution in [0.15, 0.2) is 48.5 Å². The maximum absolute atomic E-state index is 12.6. The van der Waals surface area contributed by atoms with Gasteiger partial charge < -0.3 is 25.0 Å². The van der Waals surface area contributed by atoms with E-state index in [1.807, 2.05) is 6.07 Å². The Kier molecular flexibility index (Phi) is 14.0. The molecule has 0 saturated carbocycles. The van der Waals surface area contributed by atoms with E-state index in [1.54, 1.807) is 36.4 Å². The van der Waals surface area contributed by atoms with Crippen LogP contribution in [-0.2, 0) is 16.1 Å². The molecule has 2 rings (SSSR count). The van der Waals surface area contributed by atoms with Crippen LogP contribution in [0.25, 0.3) is 0 Å². The van der Waals surface area contributed by atoms with Crippen LogP contribution in [-0.4, -0.2) is 42.5 Å². The van der Waals surface area contributed by atoms with Gasteiger partial charge in [-0.15, -0.1) is 0 Å². The number of carbonyl (C=O) groups excluding carboxylic acids is 1. The lowest BCUT2D eigenvalue weighted by molar-refractivity contribution is 0.0297. The van der Waals surface area contributed by atoms with Gasteiger partial charge in [0, 0.05) is 25.3 Å². The highest BCUT2D eigenvalue weighted by Gasteiger charge is 2.19.